The molecule has 18 heavy (non-hydrogen) atoms. The summed E-state index contributed by atoms with van der Waals surface area (Å²) in [4.78, 5) is 0. The Bertz CT molecular complexity index is 357. The van der Waals surface area contributed by atoms with Crippen LogP contribution >= 0.6 is 0 Å². The zero-order chi connectivity index (χ0) is 13.1. The maximum atomic E-state index is 2.59. The van der Waals surface area contributed by atoms with Crippen LogP contribution in [0.4, 0.5) is 0 Å². The number of rotatable bonds is 3. The van der Waals surface area contributed by atoms with E-state index in [9.17, 15) is 0 Å². The summed E-state index contributed by atoms with van der Waals surface area (Å²) in [6.45, 7) is 9.78. The Hall–Kier alpha value is -0.260. The molecule has 2 atom stereocenters. The summed E-state index contributed by atoms with van der Waals surface area (Å²) < 4.78 is 0. The summed E-state index contributed by atoms with van der Waals surface area (Å²) in [5, 5.41) is 0. The van der Waals surface area contributed by atoms with E-state index in [0.717, 1.165) is 0 Å². The number of hydrogen-bond acceptors (Lipinski definition) is 0. The van der Waals surface area contributed by atoms with Crippen molar-refractivity contribution in [2.75, 3.05) is 0 Å². The molecule has 0 aromatic carbocycles. The van der Waals surface area contributed by atoms with Crippen LogP contribution < -0.4 is 0 Å². The van der Waals surface area contributed by atoms with E-state index in [1.807, 2.05) is 0 Å². The van der Waals surface area contributed by atoms with Crippen molar-refractivity contribution >= 4 is 0 Å². The van der Waals surface area contributed by atoms with Crippen LogP contribution in [0.25, 0.3) is 0 Å². The topological polar surface area (TPSA) is 0 Å². The average molecular weight is 246 g/mol. The van der Waals surface area contributed by atoms with Gasteiger partial charge < -0.3 is 0 Å². The summed E-state index contributed by atoms with van der Waals surface area (Å²) >= 11 is 0. The first-order valence-corrected chi connectivity index (χ1v) is 8.00. The molecule has 4 rings (SSSR count). The molecule has 2 unspecified atom stereocenters. The SMILES string of the molecule is C/C=C\C12CC3(C)CC(C)(C1)CC(CCC)(C3)C2. The smallest absolute Gasteiger partial charge is 0.0103 e. The lowest BCUT2D eigenvalue weighted by Crippen LogP contribution is -2.59. The molecule has 0 aromatic heterocycles. The second-order valence-corrected chi connectivity index (χ2v) is 8.79. The van der Waals surface area contributed by atoms with Crippen molar-refractivity contribution in [2.45, 2.75) is 79.1 Å². The van der Waals surface area contributed by atoms with Gasteiger partial charge in [0.25, 0.3) is 0 Å². The van der Waals surface area contributed by atoms with Crippen molar-refractivity contribution in [3.8, 4) is 0 Å². The fraction of sp³-hybridized carbons (Fsp3) is 0.889. The van der Waals surface area contributed by atoms with E-state index in [1.54, 1.807) is 0 Å². The molecule has 4 bridgehead atoms. The Labute approximate surface area is 113 Å². The van der Waals surface area contributed by atoms with Crippen molar-refractivity contribution in [3.63, 3.8) is 0 Å². The van der Waals surface area contributed by atoms with Crippen molar-refractivity contribution in [3.05, 3.63) is 12.2 Å². The van der Waals surface area contributed by atoms with E-state index in [2.05, 4.69) is 39.8 Å². The highest BCUT2D eigenvalue weighted by molar-refractivity contribution is 5.20. The molecule has 4 aliphatic carbocycles. The zero-order valence-electron chi connectivity index (χ0n) is 12.8. The fourth-order valence-electron chi connectivity index (χ4n) is 7.36. The summed E-state index contributed by atoms with van der Waals surface area (Å²) in [7, 11) is 0. The third-order valence-corrected chi connectivity index (χ3v) is 6.04. The average Bonchev–Trinajstić information content (AvgIpc) is 2.09. The first-order chi connectivity index (χ1) is 8.36. The van der Waals surface area contributed by atoms with Crippen molar-refractivity contribution in [2.24, 2.45) is 21.7 Å². The van der Waals surface area contributed by atoms with E-state index in [1.165, 1.54) is 51.4 Å². The second-order valence-electron chi connectivity index (χ2n) is 8.79. The third kappa shape index (κ3) is 1.79. The molecule has 0 saturated heterocycles. The Balaban J connectivity index is 2.03. The maximum absolute atomic E-state index is 2.59. The van der Waals surface area contributed by atoms with Crippen LogP contribution in [0.1, 0.15) is 79.1 Å². The molecule has 4 fully saturated rings. The molecule has 0 heteroatoms. The predicted octanol–water partition coefficient (Wildman–Crippen LogP) is 5.73. The van der Waals surface area contributed by atoms with Gasteiger partial charge >= 0.3 is 0 Å². The van der Waals surface area contributed by atoms with Crippen molar-refractivity contribution < 1.29 is 0 Å². The van der Waals surface area contributed by atoms with Gasteiger partial charge in [0.15, 0.2) is 0 Å². The van der Waals surface area contributed by atoms with Crippen LogP contribution in [0, 0.1) is 21.7 Å². The quantitative estimate of drug-likeness (QED) is 0.558. The first kappa shape index (κ1) is 12.8. The van der Waals surface area contributed by atoms with Gasteiger partial charge in [-0.25, -0.2) is 0 Å². The number of hydrogen-bond donors (Lipinski definition) is 0. The summed E-state index contributed by atoms with van der Waals surface area (Å²) in [5.74, 6) is 0. The summed E-state index contributed by atoms with van der Waals surface area (Å²) in [6, 6.07) is 0. The molecule has 4 saturated carbocycles. The Morgan fingerprint density at radius 2 is 1.50 bits per heavy atom. The molecule has 102 valence electrons. The standard InChI is InChI=1S/C18H30/c1-5-7-17-10-15(3)9-16(4,11-17)13-18(12-15,14-17)8-6-2/h5,7H,6,8-14H2,1-4H3/b7-5-. The lowest BCUT2D eigenvalue weighted by molar-refractivity contribution is -0.175. The van der Waals surface area contributed by atoms with Gasteiger partial charge in [0, 0.05) is 0 Å². The van der Waals surface area contributed by atoms with Crippen LogP contribution in [0.3, 0.4) is 0 Å². The van der Waals surface area contributed by atoms with Gasteiger partial charge in [0.2, 0.25) is 0 Å². The Kier molecular flexibility index (Phi) is 2.58. The van der Waals surface area contributed by atoms with Gasteiger partial charge in [-0.3, -0.25) is 0 Å². The highest BCUT2D eigenvalue weighted by Crippen LogP contribution is 2.74. The normalized spacial score (nSPS) is 54.4. The molecule has 0 aliphatic heterocycles. The minimum atomic E-state index is 0.558. The van der Waals surface area contributed by atoms with Gasteiger partial charge in [0.05, 0.1) is 0 Å². The molecule has 0 N–H and O–H groups in total. The van der Waals surface area contributed by atoms with Crippen molar-refractivity contribution in [1.82, 2.24) is 0 Å². The van der Waals surface area contributed by atoms with Gasteiger partial charge in [-0.2, -0.15) is 0 Å². The minimum absolute atomic E-state index is 0.558. The van der Waals surface area contributed by atoms with Gasteiger partial charge in [-0.05, 0) is 73.5 Å². The molecule has 0 spiro atoms. The van der Waals surface area contributed by atoms with E-state index in [-0.39, 0.29) is 0 Å². The molecular weight excluding hydrogens is 216 g/mol. The van der Waals surface area contributed by atoms with Gasteiger partial charge in [0.1, 0.15) is 0 Å². The highest BCUT2D eigenvalue weighted by Gasteiger charge is 2.64. The van der Waals surface area contributed by atoms with Gasteiger partial charge in [-0.15, -0.1) is 0 Å². The van der Waals surface area contributed by atoms with Crippen LogP contribution in [0.5, 0.6) is 0 Å². The number of allylic oxidation sites excluding steroid dienone is 2. The fourth-order valence-corrected chi connectivity index (χ4v) is 7.36. The molecule has 0 nitrogen and oxygen atoms in total. The van der Waals surface area contributed by atoms with E-state index in [0.29, 0.717) is 21.7 Å². The Morgan fingerprint density at radius 1 is 0.889 bits per heavy atom. The van der Waals surface area contributed by atoms with E-state index in [4.69, 9.17) is 0 Å². The molecule has 0 radical (unpaired) electrons. The van der Waals surface area contributed by atoms with Crippen LogP contribution in [0.15, 0.2) is 12.2 Å². The maximum Gasteiger partial charge on any atom is -0.0103 e. The van der Waals surface area contributed by atoms with Crippen LogP contribution in [-0.2, 0) is 0 Å². The minimum Gasteiger partial charge on any atom is -0.0911 e. The van der Waals surface area contributed by atoms with E-state index < -0.39 is 0 Å². The second kappa shape index (κ2) is 3.64. The highest BCUT2D eigenvalue weighted by atomic mass is 14.7. The lowest BCUT2D eigenvalue weighted by atomic mass is 9.35. The molecule has 0 aromatic rings. The van der Waals surface area contributed by atoms with Crippen molar-refractivity contribution in [1.29, 1.82) is 0 Å². The molecule has 0 heterocycles. The first-order valence-electron chi connectivity index (χ1n) is 8.00. The third-order valence-electron chi connectivity index (χ3n) is 6.04. The van der Waals surface area contributed by atoms with Crippen LogP contribution in [0.2, 0.25) is 0 Å². The lowest BCUT2D eigenvalue weighted by Gasteiger charge is -2.69. The Morgan fingerprint density at radius 3 is 2.00 bits per heavy atom. The molecule has 4 aliphatic rings. The largest absolute Gasteiger partial charge is 0.0911 e. The molecule has 0 amide bonds. The van der Waals surface area contributed by atoms with E-state index >= 15 is 0 Å². The van der Waals surface area contributed by atoms with Crippen LogP contribution in [-0.4, -0.2) is 0 Å². The zero-order valence-corrected chi connectivity index (χ0v) is 12.8. The molecular formula is C18H30. The summed E-state index contributed by atoms with van der Waals surface area (Å²) in [5.41, 5.74) is 2.52. The predicted molar refractivity (Wildman–Crippen MR) is 78.5 cm³/mol. The monoisotopic (exact) mass is 246 g/mol. The summed E-state index contributed by atoms with van der Waals surface area (Å²) in [6.07, 6.45) is 16.7. The van der Waals surface area contributed by atoms with Gasteiger partial charge in [-0.1, -0.05) is 39.3 Å².